The number of ether oxygens (including phenoxy) is 2. The summed E-state index contributed by atoms with van der Waals surface area (Å²) in [6.07, 6.45) is 0. The van der Waals surface area contributed by atoms with Crippen LogP contribution in [0, 0.1) is 6.92 Å². The van der Waals surface area contributed by atoms with Crippen LogP contribution in [-0.2, 0) is 20.9 Å². The monoisotopic (exact) mass is 480 g/mol. The summed E-state index contributed by atoms with van der Waals surface area (Å²) in [6.45, 7) is 7.47. The third-order valence-corrected chi connectivity index (χ3v) is 5.60. The van der Waals surface area contributed by atoms with Gasteiger partial charge in [-0.05, 0) is 58.0 Å². The van der Waals surface area contributed by atoms with Crippen molar-refractivity contribution in [2.24, 2.45) is 0 Å². The van der Waals surface area contributed by atoms with Crippen LogP contribution in [0.15, 0.2) is 42.5 Å². The highest BCUT2D eigenvalue weighted by molar-refractivity contribution is 6.35. The van der Waals surface area contributed by atoms with Crippen molar-refractivity contribution < 1.29 is 14.3 Å². The highest BCUT2D eigenvalue weighted by atomic mass is 35.5. The van der Waals surface area contributed by atoms with E-state index < -0.39 is 11.6 Å². The molecular weight excluding hydrogens is 459 g/mol. The van der Waals surface area contributed by atoms with E-state index in [1.165, 1.54) is 0 Å². The van der Waals surface area contributed by atoms with Gasteiger partial charge in [0.15, 0.2) is 5.60 Å². The number of esters is 1. The molecule has 8 heteroatoms. The molecule has 0 saturated heterocycles. The second-order valence-corrected chi connectivity index (χ2v) is 8.73. The van der Waals surface area contributed by atoms with Crippen LogP contribution >= 0.6 is 34.8 Å². The van der Waals surface area contributed by atoms with E-state index in [-0.39, 0.29) is 13.2 Å². The molecule has 1 heterocycles. The van der Waals surface area contributed by atoms with Crippen molar-refractivity contribution in [3.63, 3.8) is 0 Å². The molecular formula is C23H23Cl3N2O3. The molecule has 0 unspecified atom stereocenters. The molecule has 0 radical (unpaired) electrons. The van der Waals surface area contributed by atoms with Crippen LogP contribution in [0.25, 0.3) is 16.9 Å². The number of benzene rings is 2. The number of hydrogen-bond donors (Lipinski definition) is 0. The molecule has 0 bridgehead atoms. The van der Waals surface area contributed by atoms with Gasteiger partial charge in [-0.3, -0.25) is 0 Å². The van der Waals surface area contributed by atoms with Gasteiger partial charge in [-0.1, -0.05) is 46.9 Å². The largest absolute Gasteiger partial charge is 0.464 e. The zero-order valence-electron chi connectivity index (χ0n) is 17.7. The van der Waals surface area contributed by atoms with E-state index in [4.69, 9.17) is 49.4 Å². The molecule has 0 fully saturated rings. The fourth-order valence-electron chi connectivity index (χ4n) is 3.06. The third-order valence-electron chi connectivity index (χ3n) is 4.81. The van der Waals surface area contributed by atoms with E-state index in [0.29, 0.717) is 26.4 Å². The van der Waals surface area contributed by atoms with E-state index >= 15 is 0 Å². The predicted molar refractivity (Wildman–Crippen MR) is 124 cm³/mol. The minimum absolute atomic E-state index is 0.121. The Balaban J connectivity index is 2.06. The maximum Gasteiger partial charge on any atom is 0.337 e. The van der Waals surface area contributed by atoms with Crippen LogP contribution in [0.2, 0.25) is 15.1 Å². The van der Waals surface area contributed by atoms with Crippen molar-refractivity contribution in [2.45, 2.75) is 39.9 Å². The zero-order chi connectivity index (χ0) is 22.8. The molecule has 0 aliphatic heterocycles. The van der Waals surface area contributed by atoms with E-state index in [0.717, 1.165) is 16.8 Å². The Bertz CT molecular complexity index is 1090. The van der Waals surface area contributed by atoms with Crippen molar-refractivity contribution in [1.29, 1.82) is 0 Å². The average Bonchev–Trinajstić information content (AvgIpc) is 3.03. The molecule has 0 atom stereocenters. The van der Waals surface area contributed by atoms with Gasteiger partial charge in [0.25, 0.3) is 0 Å². The minimum Gasteiger partial charge on any atom is -0.464 e. The van der Waals surface area contributed by atoms with Crippen molar-refractivity contribution >= 4 is 40.8 Å². The zero-order valence-corrected chi connectivity index (χ0v) is 20.0. The minimum atomic E-state index is -1.11. The summed E-state index contributed by atoms with van der Waals surface area (Å²) in [5, 5.41) is 6.39. The smallest absolute Gasteiger partial charge is 0.337 e. The van der Waals surface area contributed by atoms with E-state index in [1.54, 1.807) is 37.6 Å². The van der Waals surface area contributed by atoms with Gasteiger partial charge in [-0.15, -0.1) is 0 Å². The molecule has 0 aliphatic rings. The molecule has 1 aromatic heterocycles. The molecule has 0 amide bonds. The maximum atomic E-state index is 12.2. The lowest BCUT2D eigenvalue weighted by atomic mass is 10.1. The van der Waals surface area contributed by atoms with Crippen LogP contribution in [0.1, 0.15) is 32.0 Å². The SMILES string of the molecule is CCOC(=O)C(C)(C)OCc1nn(-c2ccc(Cl)cc2Cl)c(-c2ccc(Cl)cc2)c1C. The fraction of sp³-hybridized carbons (Fsp3) is 0.304. The predicted octanol–water partition coefficient (Wildman–Crippen LogP) is 6.67. The third kappa shape index (κ3) is 5.24. The molecule has 0 N–H and O–H groups in total. The Labute approximate surface area is 196 Å². The molecule has 0 spiro atoms. The molecule has 0 saturated carbocycles. The number of rotatable bonds is 7. The quantitative estimate of drug-likeness (QED) is 0.354. The Hall–Kier alpha value is -2.05. The summed E-state index contributed by atoms with van der Waals surface area (Å²) in [5.41, 5.74) is 2.89. The van der Waals surface area contributed by atoms with Crippen LogP contribution in [0.4, 0.5) is 0 Å². The van der Waals surface area contributed by atoms with Crippen LogP contribution in [0.3, 0.4) is 0 Å². The Morgan fingerprint density at radius 1 is 1.06 bits per heavy atom. The van der Waals surface area contributed by atoms with Gasteiger partial charge in [-0.2, -0.15) is 5.10 Å². The van der Waals surface area contributed by atoms with Crippen molar-refractivity contribution in [3.05, 3.63) is 68.8 Å². The first-order valence-corrected chi connectivity index (χ1v) is 10.9. The molecule has 3 aromatic rings. The number of halogens is 3. The van der Waals surface area contributed by atoms with Crippen LogP contribution < -0.4 is 0 Å². The summed E-state index contributed by atoms with van der Waals surface area (Å²) in [4.78, 5) is 12.2. The first-order chi connectivity index (χ1) is 14.6. The van der Waals surface area contributed by atoms with Crippen LogP contribution in [-0.4, -0.2) is 28.0 Å². The highest BCUT2D eigenvalue weighted by Gasteiger charge is 2.31. The Kier molecular flexibility index (Phi) is 7.32. The number of aromatic nitrogens is 2. The van der Waals surface area contributed by atoms with Gasteiger partial charge in [0.1, 0.15) is 0 Å². The topological polar surface area (TPSA) is 53.4 Å². The van der Waals surface area contributed by atoms with Gasteiger partial charge < -0.3 is 9.47 Å². The highest BCUT2D eigenvalue weighted by Crippen LogP contribution is 2.33. The lowest BCUT2D eigenvalue weighted by molar-refractivity contribution is -0.169. The lowest BCUT2D eigenvalue weighted by Gasteiger charge is -2.22. The van der Waals surface area contributed by atoms with Gasteiger partial charge in [0.05, 0.1) is 35.3 Å². The Morgan fingerprint density at radius 2 is 1.71 bits per heavy atom. The van der Waals surface area contributed by atoms with Crippen molar-refractivity contribution in [3.8, 4) is 16.9 Å². The standard InChI is InChI=1S/C23H23Cl3N2O3/c1-5-30-22(29)23(3,4)31-13-19-14(2)21(15-6-8-16(24)9-7-15)28(27-19)20-11-10-17(25)12-18(20)26/h6-12H,5,13H2,1-4H3. The van der Waals surface area contributed by atoms with Crippen molar-refractivity contribution in [2.75, 3.05) is 6.61 Å². The van der Waals surface area contributed by atoms with Gasteiger partial charge >= 0.3 is 5.97 Å². The van der Waals surface area contributed by atoms with Crippen LogP contribution in [0.5, 0.6) is 0 Å². The van der Waals surface area contributed by atoms with Gasteiger partial charge in [-0.25, -0.2) is 9.48 Å². The summed E-state index contributed by atoms with van der Waals surface area (Å²) in [6, 6.07) is 12.7. The van der Waals surface area contributed by atoms with Crippen molar-refractivity contribution in [1.82, 2.24) is 9.78 Å². The second-order valence-electron chi connectivity index (χ2n) is 7.45. The number of nitrogens with zero attached hydrogens (tertiary/aromatic N) is 2. The van der Waals surface area contributed by atoms with E-state index in [2.05, 4.69) is 0 Å². The normalized spacial score (nSPS) is 11.6. The first kappa shape index (κ1) is 23.6. The molecule has 164 valence electrons. The summed E-state index contributed by atoms with van der Waals surface area (Å²) < 4.78 is 12.7. The number of hydrogen-bond acceptors (Lipinski definition) is 4. The summed E-state index contributed by atoms with van der Waals surface area (Å²) in [5.74, 6) is -0.425. The van der Waals surface area contributed by atoms with E-state index in [1.807, 2.05) is 37.3 Å². The Morgan fingerprint density at radius 3 is 2.32 bits per heavy atom. The summed E-state index contributed by atoms with van der Waals surface area (Å²) in [7, 11) is 0. The fourth-order valence-corrected chi connectivity index (χ4v) is 3.68. The molecule has 2 aromatic carbocycles. The molecule has 3 rings (SSSR count). The molecule has 5 nitrogen and oxygen atoms in total. The summed E-state index contributed by atoms with van der Waals surface area (Å²) >= 11 is 18.6. The average molecular weight is 482 g/mol. The molecule has 0 aliphatic carbocycles. The van der Waals surface area contributed by atoms with E-state index in [9.17, 15) is 4.79 Å². The first-order valence-electron chi connectivity index (χ1n) is 9.75. The maximum absolute atomic E-state index is 12.2. The van der Waals surface area contributed by atoms with Gasteiger partial charge in [0, 0.05) is 21.2 Å². The lowest BCUT2D eigenvalue weighted by Crippen LogP contribution is -2.36. The molecule has 31 heavy (non-hydrogen) atoms. The van der Waals surface area contributed by atoms with Gasteiger partial charge in [0.2, 0.25) is 0 Å². The number of carbonyl (C=O) groups is 1. The number of carbonyl (C=O) groups excluding carboxylic acids is 1. The second kappa shape index (κ2) is 9.61.